The molecule has 1 aliphatic rings. The number of halogens is 1. The number of carbonyl (C=O) groups excluding carboxylic acids is 1. The van der Waals surface area contributed by atoms with Crippen molar-refractivity contribution in [2.24, 2.45) is 4.99 Å². The smallest absolute Gasteiger partial charge is 0.220 e. The first-order valence-electron chi connectivity index (χ1n) is 8.58. The van der Waals surface area contributed by atoms with Crippen LogP contribution in [0.3, 0.4) is 0 Å². The molecule has 1 rings (SSSR count). The number of unbranched alkanes of at least 4 members (excludes halogenated alkanes) is 1. The number of guanidine groups is 1. The van der Waals surface area contributed by atoms with E-state index in [2.05, 4.69) is 27.9 Å². The van der Waals surface area contributed by atoms with Gasteiger partial charge in [0.05, 0.1) is 0 Å². The van der Waals surface area contributed by atoms with Crippen molar-refractivity contribution >= 4 is 35.8 Å². The molecule has 0 bridgehead atoms. The van der Waals surface area contributed by atoms with Crippen LogP contribution in [-0.2, 0) is 9.53 Å². The van der Waals surface area contributed by atoms with Crippen molar-refractivity contribution in [1.82, 2.24) is 16.0 Å². The number of aliphatic imine (C=N–C) groups is 1. The fourth-order valence-corrected chi connectivity index (χ4v) is 1.93. The van der Waals surface area contributed by atoms with Crippen LogP contribution < -0.4 is 16.0 Å². The fourth-order valence-electron chi connectivity index (χ4n) is 1.93. The van der Waals surface area contributed by atoms with Gasteiger partial charge in [-0.2, -0.15) is 0 Å². The quantitative estimate of drug-likeness (QED) is 0.188. The second-order valence-corrected chi connectivity index (χ2v) is 5.69. The third-order valence-corrected chi connectivity index (χ3v) is 3.44. The van der Waals surface area contributed by atoms with Gasteiger partial charge in [0, 0.05) is 45.8 Å². The molecule has 136 valence electrons. The van der Waals surface area contributed by atoms with Crippen molar-refractivity contribution in [1.29, 1.82) is 0 Å². The molecule has 1 fully saturated rings. The average Bonchev–Trinajstić information content (AvgIpc) is 3.32. The van der Waals surface area contributed by atoms with Crippen LogP contribution in [0.15, 0.2) is 4.99 Å². The second-order valence-electron chi connectivity index (χ2n) is 5.69. The maximum Gasteiger partial charge on any atom is 0.220 e. The molecule has 23 heavy (non-hydrogen) atoms. The molecular formula is C16H33IN4O2. The zero-order chi connectivity index (χ0) is 16.0. The van der Waals surface area contributed by atoms with Crippen LogP contribution in [0, 0.1) is 0 Å². The summed E-state index contributed by atoms with van der Waals surface area (Å²) in [6.45, 7) is 5.40. The van der Waals surface area contributed by atoms with E-state index in [-0.39, 0.29) is 29.9 Å². The maximum atomic E-state index is 11.5. The van der Waals surface area contributed by atoms with Gasteiger partial charge < -0.3 is 20.7 Å². The molecule has 0 atom stereocenters. The lowest BCUT2D eigenvalue weighted by molar-refractivity contribution is -0.121. The van der Waals surface area contributed by atoms with E-state index in [9.17, 15) is 4.79 Å². The van der Waals surface area contributed by atoms with E-state index < -0.39 is 0 Å². The van der Waals surface area contributed by atoms with E-state index in [4.69, 9.17) is 4.74 Å². The van der Waals surface area contributed by atoms with Crippen molar-refractivity contribution in [3.05, 3.63) is 0 Å². The molecule has 6 nitrogen and oxygen atoms in total. The molecule has 0 radical (unpaired) electrons. The van der Waals surface area contributed by atoms with Gasteiger partial charge in [0.15, 0.2) is 5.96 Å². The number of hydrogen-bond donors (Lipinski definition) is 3. The van der Waals surface area contributed by atoms with E-state index in [1.165, 1.54) is 6.42 Å². The Bertz CT molecular complexity index is 336. The average molecular weight is 440 g/mol. The van der Waals surface area contributed by atoms with E-state index >= 15 is 0 Å². The summed E-state index contributed by atoms with van der Waals surface area (Å²) >= 11 is 0. The molecule has 0 unspecified atom stereocenters. The molecule has 1 amide bonds. The van der Waals surface area contributed by atoms with E-state index in [1.807, 2.05) is 0 Å². The lowest BCUT2D eigenvalue weighted by Crippen LogP contribution is -2.38. The van der Waals surface area contributed by atoms with Gasteiger partial charge in [-0.05, 0) is 32.1 Å². The van der Waals surface area contributed by atoms with Crippen molar-refractivity contribution in [2.45, 2.75) is 57.9 Å². The lowest BCUT2D eigenvalue weighted by Gasteiger charge is -2.12. The summed E-state index contributed by atoms with van der Waals surface area (Å²) in [4.78, 5) is 15.7. The molecular weight excluding hydrogens is 407 g/mol. The van der Waals surface area contributed by atoms with Gasteiger partial charge in [-0.15, -0.1) is 24.0 Å². The van der Waals surface area contributed by atoms with Crippen LogP contribution in [0.25, 0.3) is 0 Å². The molecule has 1 aliphatic carbocycles. The Hall–Kier alpha value is -0.570. The van der Waals surface area contributed by atoms with Crippen molar-refractivity contribution in [3.63, 3.8) is 0 Å². The Morgan fingerprint density at radius 1 is 1.13 bits per heavy atom. The monoisotopic (exact) mass is 440 g/mol. The summed E-state index contributed by atoms with van der Waals surface area (Å²) < 4.78 is 5.51. The van der Waals surface area contributed by atoms with Gasteiger partial charge >= 0.3 is 0 Å². The largest absolute Gasteiger partial charge is 0.381 e. The number of hydrogen-bond acceptors (Lipinski definition) is 3. The minimum atomic E-state index is 0. The predicted octanol–water partition coefficient (Wildman–Crippen LogP) is 2.04. The van der Waals surface area contributed by atoms with Gasteiger partial charge in [0.2, 0.25) is 5.91 Å². The molecule has 1 saturated carbocycles. The first kappa shape index (κ1) is 22.4. The SMILES string of the molecule is CCCCOCCCNC(=NC)NCCCC(=O)NC1CC1.I. The standard InChI is InChI=1S/C16H32N4O2.HI/c1-3-4-12-22-13-6-11-19-16(17-2)18-10-5-7-15(21)20-14-8-9-14;/h14H,3-13H2,1-2H3,(H,20,21)(H2,17,18,19);1H. The normalized spacial score (nSPS) is 14.1. The minimum absolute atomic E-state index is 0. The Balaban J connectivity index is 0.00000484. The molecule has 0 saturated heterocycles. The van der Waals surface area contributed by atoms with Crippen LogP contribution in [0.2, 0.25) is 0 Å². The fraction of sp³-hybridized carbons (Fsp3) is 0.875. The Labute approximate surface area is 157 Å². The molecule has 3 N–H and O–H groups in total. The molecule has 0 spiro atoms. The van der Waals surface area contributed by atoms with Crippen LogP contribution in [0.5, 0.6) is 0 Å². The third-order valence-electron chi connectivity index (χ3n) is 3.44. The summed E-state index contributed by atoms with van der Waals surface area (Å²) in [6, 6.07) is 0.453. The molecule has 0 aliphatic heterocycles. The molecule has 7 heteroatoms. The van der Waals surface area contributed by atoms with Crippen LogP contribution in [-0.4, -0.2) is 51.3 Å². The van der Waals surface area contributed by atoms with Gasteiger partial charge in [0.25, 0.3) is 0 Å². The van der Waals surface area contributed by atoms with Crippen LogP contribution in [0.1, 0.15) is 51.9 Å². The maximum absolute atomic E-state index is 11.5. The molecule has 0 aromatic rings. The van der Waals surface area contributed by atoms with E-state index in [0.29, 0.717) is 12.5 Å². The highest BCUT2D eigenvalue weighted by Crippen LogP contribution is 2.18. The lowest BCUT2D eigenvalue weighted by atomic mass is 10.3. The van der Waals surface area contributed by atoms with E-state index in [0.717, 1.165) is 64.4 Å². The van der Waals surface area contributed by atoms with Crippen molar-refractivity contribution < 1.29 is 9.53 Å². The van der Waals surface area contributed by atoms with Gasteiger partial charge in [-0.1, -0.05) is 13.3 Å². The number of amides is 1. The van der Waals surface area contributed by atoms with Crippen LogP contribution in [0.4, 0.5) is 0 Å². The number of ether oxygens (including phenoxy) is 1. The van der Waals surface area contributed by atoms with E-state index in [1.54, 1.807) is 7.05 Å². The predicted molar refractivity (Wildman–Crippen MR) is 106 cm³/mol. The highest BCUT2D eigenvalue weighted by atomic mass is 127. The molecule has 0 aromatic heterocycles. The highest BCUT2D eigenvalue weighted by Gasteiger charge is 2.22. The van der Waals surface area contributed by atoms with Gasteiger partial charge in [-0.3, -0.25) is 9.79 Å². The number of rotatable bonds is 12. The Morgan fingerprint density at radius 2 is 1.78 bits per heavy atom. The van der Waals surface area contributed by atoms with Crippen molar-refractivity contribution in [2.75, 3.05) is 33.4 Å². The number of nitrogens with zero attached hydrogens (tertiary/aromatic N) is 1. The highest BCUT2D eigenvalue weighted by molar-refractivity contribution is 14.0. The third kappa shape index (κ3) is 13.6. The summed E-state index contributed by atoms with van der Waals surface area (Å²) in [5, 5.41) is 9.46. The Kier molecular flexibility index (Phi) is 14.6. The van der Waals surface area contributed by atoms with Gasteiger partial charge in [-0.25, -0.2) is 0 Å². The molecule has 0 aromatic carbocycles. The summed E-state index contributed by atoms with van der Waals surface area (Å²) in [5.41, 5.74) is 0. The summed E-state index contributed by atoms with van der Waals surface area (Å²) in [7, 11) is 1.76. The van der Waals surface area contributed by atoms with Crippen molar-refractivity contribution in [3.8, 4) is 0 Å². The number of nitrogens with one attached hydrogen (secondary N) is 3. The second kappa shape index (κ2) is 15.0. The Morgan fingerprint density at radius 3 is 2.39 bits per heavy atom. The topological polar surface area (TPSA) is 74.8 Å². The number of carbonyl (C=O) groups is 1. The van der Waals surface area contributed by atoms with Gasteiger partial charge in [0.1, 0.15) is 0 Å². The molecule has 0 heterocycles. The first-order chi connectivity index (χ1) is 10.8. The zero-order valence-corrected chi connectivity index (χ0v) is 16.9. The minimum Gasteiger partial charge on any atom is -0.381 e. The van der Waals surface area contributed by atoms with Crippen LogP contribution >= 0.6 is 24.0 Å². The summed E-state index contributed by atoms with van der Waals surface area (Å²) in [5.74, 6) is 0.952. The first-order valence-corrected chi connectivity index (χ1v) is 8.58. The summed E-state index contributed by atoms with van der Waals surface area (Å²) in [6.07, 6.45) is 6.95. The zero-order valence-electron chi connectivity index (χ0n) is 14.5.